The molecular formula is C17H26N2O2. The lowest BCUT2D eigenvalue weighted by Gasteiger charge is -2.38. The highest BCUT2D eigenvalue weighted by Gasteiger charge is 2.27. The number of anilines is 1. The first-order chi connectivity index (χ1) is 9.58. The monoisotopic (exact) mass is 290 g/mol. The van der Waals surface area contributed by atoms with E-state index in [9.17, 15) is 9.90 Å². The Kier molecular flexibility index (Phi) is 4.00. The van der Waals surface area contributed by atoms with Gasteiger partial charge in [-0.3, -0.25) is 0 Å². The van der Waals surface area contributed by atoms with E-state index in [-0.39, 0.29) is 5.41 Å². The molecule has 1 aromatic rings. The first-order valence-corrected chi connectivity index (χ1v) is 7.59. The van der Waals surface area contributed by atoms with Crippen LogP contribution in [0.25, 0.3) is 0 Å². The van der Waals surface area contributed by atoms with Crippen LogP contribution >= 0.6 is 0 Å². The molecular weight excluding hydrogens is 264 g/mol. The van der Waals surface area contributed by atoms with Gasteiger partial charge < -0.3 is 10.0 Å². The van der Waals surface area contributed by atoms with E-state index in [2.05, 4.69) is 39.5 Å². The number of piperidine rings is 1. The molecule has 21 heavy (non-hydrogen) atoms. The zero-order chi connectivity index (χ0) is 15.8. The third-order valence-corrected chi connectivity index (χ3v) is 4.27. The molecule has 116 valence electrons. The molecule has 4 heteroatoms. The molecule has 1 fully saturated rings. The van der Waals surface area contributed by atoms with E-state index < -0.39 is 5.97 Å². The Labute approximate surface area is 127 Å². The largest absolute Gasteiger partial charge is 0.478 e. The Balaban J connectivity index is 2.35. The number of carboxylic acid groups (broad SMARTS) is 1. The van der Waals surface area contributed by atoms with Crippen LogP contribution in [0.4, 0.5) is 5.82 Å². The fourth-order valence-electron chi connectivity index (χ4n) is 2.53. The van der Waals surface area contributed by atoms with Crippen LogP contribution < -0.4 is 4.90 Å². The topological polar surface area (TPSA) is 53.4 Å². The summed E-state index contributed by atoms with van der Waals surface area (Å²) < 4.78 is 0. The van der Waals surface area contributed by atoms with E-state index in [1.54, 1.807) is 12.1 Å². The summed E-state index contributed by atoms with van der Waals surface area (Å²) in [4.78, 5) is 18.3. The predicted molar refractivity (Wildman–Crippen MR) is 85.1 cm³/mol. The van der Waals surface area contributed by atoms with Crippen LogP contribution in [0.2, 0.25) is 0 Å². The van der Waals surface area contributed by atoms with Crippen molar-refractivity contribution in [2.75, 3.05) is 18.0 Å². The molecule has 0 atom stereocenters. The van der Waals surface area contributed by atoms with Gasteiger partial charge in [-0.25, -0.2) is 9.78 Å². The molecule has 0 unspecified atom stereocenters. The Morgan fingerprint density at radius 2 is 1.81 bits per heavy atom. The van der Waals surface area contributed by atoms with Crippen LogP contribution in [0.5, 0.6) is 0 Å². The molecule has 2 rings (SSSR count). The molecule has 1 aromatic heterocycles. The van der Waals surface area contributed by atoms with Crippen LogP contribution in [0.1, 0.15) is 63.5 Å². The molecule has 4 nitrogen and oxygen atoms in total. The lowest BCUT2D eigenvalue weighted by atomic mass is 9.82. The maximum Gasteiger partial charge on any atom is 0.335 e. The molecule has 1 aliphatic heterocycles. The van der Waals surface area contributed by atoms with Gasteiger partial charge in [0.15, 0.2) is 0 Å². The molecule has 0 amide bonds. The van der Waals surface area contributed by atoms with Gasteiger partial charge in [-0.15, -0.1) is 0 Å². The zero-order valence-electron chi connectivity index (χ0n) is 13.7. The number of carbonyl (C=O) groups is 1. The summed E-state index contributed by atoms with van der Waals surface area (Å²) in [6, 6.07) is 3.40. The van der Waals surface area contributed by atoms with E-state index in [0.717, 1.165) is 37.4 Å². The third kappa shape index (κ3) is 3.74. The number of rotatable bonds is 2. The number of hydrogen-bond acceptors (Lipinski definition) is 3. The second kappa shape index (κ2) is 5.32. The Morgan fingerprint density at radius 1 is 1.24 bits per heavy atom. The maximum atomic E-state index is 11.4. The average Bonchev–Trinajstić information content (AvgIpc) is 2.37. The fraction of sp³-hybridized carbons (Fsp3) is 0.647. The molecule has 0 bridgehead atoms. The highest BCUT2D eigenvalue weighted by Crippen LogP contribution is 2.33. The second-order valence-corrected chi connectivity index (χ2v) is 7.81. The van der Waals surface area contributed by atoms with Crippen molar-refractivity contribution in [3.8, 4) is 0 Å². The predicted octanol–water partition coefficient (Wildman–Crippen LogP) is 3.70. The minimum absolute atomic E-state index is 0.157. The van der Waals surface area contributed by atoms with E-state index in [1.807, 2.05) is 0 Å². The summed E-state index contributed by atoms with van der Waals surface area (Å²) in [6.45, 7) is 12.6. The van der Waals surface area contributed by atoms with Crippen LogP contribution in [0.15, 0.2) is 12.1 Å². The molecule has 0 spiro atoms. The first kappa shape index (κ1) is 15.8. The lowest BCUT2D eigenvalue weighted by Crippen LogP contribution is -2.38. The Bertz CT molecular complexity index is 534. The fourth-order valence-corrected chi connectivity index (χ4v) is 2.53. The summed E-state index contributed by atoms with van der Waals surface area (Å²) in [5.41, 5.74) is 1.38. The number of aromatic carboxylic acids is 1. The molecule has 2 heterocycles. The summed E-state index contributed by atoms with van der Waals surface area (Å²) in [5.74, 6) is -0.0863. The van der Waals surface area contributed by atoms with Gasteiger partial charge in [0, 0.05) is 24.2 Å². The van der Waals surface area contributed by atoms with Crippen LogP contribution in [0, 0.1) is 5.41 Å². The standard InChI is InChI=1S/C17H26N2O2/c1-16(2,3)13-10-12(15(20)21)11-14(18-13)19-8-6-17(4,5)7-9-19/h10-11H,6-9H2,1-5H3,(H,20,21). The molecule has 1 aliphatic rings. The van der Waals surface area contributed by atoms with Gasteiger partial charge in [0.1, 0.15) is 5.82 Å². The van der Waals surface area contributed by atoms with Crippen molar-refractivity contribution in [2.45, 2.75) is 52.9 Å². The Morgan fingerprint density at radius 3 is 2.29 bits per heavy atom. The molecule has 1 saturated heterocycles. The van der Waals surface area contributed by atoms with Gasteiger partial charge in [0.2, 0.25) is 0 Å². The minimum Gasteiger partial charge on any atom is -0.478 e. The van der Waals surface area contributed by atoms with Gasteiger partial charge in [0.25, 0.3) is 0 Å². The molecule has 0 aromatic carbocycles. The normalized spacial score (nSPS) is 18.6. The van der Waals surface area contributed by atoms with Gasteiger partial charge in [-0.1, -0.05) is 34.6 Å². The van der Waals surface area contributed by atoms with E-state index >= 15 is 0 Å². The summed E-state index contributed by atoms with van der Waals surface area (Å²) in [7, 11) is 0. The number of nitrogens with zero attached hydrogens (tertiary/aromatic N) is 2. The first-order valence-electron chi connectivity index (χ1n) is 7.59. The number of pyridine rings is 1. The van der Waals surface area contributed by atoms with Crippen molar-refractivity contribution >= 4 is 11.8 Å². The molecule has 1 N–H and O–H groups in total. The smallest absolute Gasteiger partial charge is 0.335 e. The molecule has 0 saturated carbocycles. The Hall–Kier alpha value is -1.58. The van der Waals surface area contributed by atoms with Crippen LogP contribution in [-0.4, -0.2) is 29.1 Å². The lowest BCUT2D eigenvalue weighted by molar-refractivity contribution is 0.0696. The van der Waals surface area contributed by atoms with Crippen molar-refractivity contribution in [3.05, 3.63) is 23.4 Å². The highest BCUT2D eigenvalue weighted by atomic mass is 16.4. The number of carboxylic acids is 1. The number of hydrogen-bond donors (Lipinski definition) is 1. The quantitative estimate of drug-likeness (QED) is 0.902. The van der Waals surface area contributed by atoms with E-state index in [0.29, 0.717) is 11.0 Å². The van der Waals surface area contributed by atoms with Gasteiger partial charge >= 0.3 is 5.97 Å². The van der Waals surface area contributed by atoms with E-state index in [4.69, 9.17) is 4.98 Å². The maximum absolute atomic E-state index is 11.4. The average molecular weight is 290 g/mol. The minimum atomic E-state index is -0.888. The van der Waals surface area contributed by atoms with Gasteiger partial charge in [-0.05, 0) is 30.4 Å². The van der Waals surface area contributed by atoms with E-state index in [1.165, 1.54) is 0 Å². The van der Waals surface area contributed by atoms with Crippen molar-refractivity contribution in [1.82, 2.24) is 4.98 Å². The van der Waals surface area contributed by atoms with Crippen molar-refractivity contribution < 1.29 is 9.90 Å². The van der Waals surface area contributed by atoms with Crippen molar-refractivity contribution in [1.29, 1.82) is 0 Å². The SMILES string of the molecule is CC1(C)CCN(c2cc(C(=O)O)cc(C(C)(C)C)n2)CC1. The molecule has 0 radical (unpaired) electrons. The second-order valence-electron chi connectivity index (χ2n) is 7.81. The van der Waals surface area contributed by atoms with Crippen molar-refractivity contribution in [3.63, 3.8) is 0 Å². The van der Waals surface area contributed by atoms with Gasteiger partial charge in [0.05, 0.1) is 5.56 Å². The summed E-state index contributed by atoms with van der Waals surface area (Å²) in [5, 5.41) is 9.33. The molecule has 0 aliphatic carbocycles. The van der Waals surface area contributed by atoms with Crippen LogP contribution in [0.3, 0.4) is 0 Å². The summed E-state index contributed by atoms with van der Waals surface area (Å²) >= 11 is 0. The zero-order valence-corrected chi connectivity index (χ0v) is 13.7. The van der Waals surface area contributed by atoms with Gasteiger partial charge in [-0.2, -0.15) is 0 Å². The third-order valence-electron chi connectivity index (χ3n) is 4.27. The summed E-state index contributed by atoms with van der Waals surface area (Å²) in [6.07, 6.45) is 2.22. The van der Waals surface area contributed by atoms with Crippen LogP contribution in [-0.2, 0) is 5.41 Å². The number of aromatic nitrogens is 1. The highest BCUT2D eigenvalue weighted by molar-refractivity contribution is 5.88. The van der Waals surface area contributed by atoms with Crippen molar-refractivity contribution in [2.24, 2.45) is 5.41 Å².